The van der Waals surface area contributed by atoms with Gasteiger partial charge in [0.15, 0.2) is 0 Å². The maximum atomic E-state index is 13.3. The summed E-state index contributed by atoms with van der Waals surface area (Å²) in [7, 11) is -2.71. The molecule has 3 aromatic carbocycles. The summed E-state index contributed by atoms with van der Waals surface area (Å²) in [5.41, 5.74) is 1.23. The summed E-state index contributed by atoms with van der Waals surface area (Å²) in [5, 5.41) is 0.199. The van der Waals surface area contributed by atoms with E-state index in [-0.39, 0.29) is 21.2 Å². The predicted octanol–water partition coefficient (Wildman–Crippen LogP) is 4.69. The Morgan fingerprint density at radius 1 is 0.964 bits per heavy atom. The molecular formula is C21H18ClNO4S. The van der Waals surface area contributed by atoms with Crippen molar-refractivity contribution in [1.82, 2.24) is 0 Å². The molecule has 144 valence electrons. The van der Waals surface area contributed by atoms with Crippen LogP contribution in [0.5, 0.6) is 5.75 Å². The van der Waals surface area contributed by atoms with Crippen LogP contribution in [0.15, 0.2) is 77.7 Å². The van der Waals surface area contributed by atoms with Crippen molar-refractivity contribution in [2.75, 3.05) is 11.4 Å². The Bertz CT molecular complexity index is 1110. The Kier molecular flexibility index (Phi) is 5.72. The first kappa shape index (κ1) is 19.9. The number of carbonyl (C=O) groups is 1. The highest BCUT2D eigenvalue weighted by molar-refractivity contribution is 7.93. The molecule has 28 heavy (non-hydrogen) atoms. The van der Waals surface area contributed by atoms with Gasteiger partial charge in [0.1, 0.15) is 5.75 Å². The van der Waals surface area contributed by atoms with Crippen LogP contribution in [0.4, 0.5) is 5.69 Å². The minimum Gasteiger partial charge on any atom is -0.495 e. The largest absolute Gasteiger partial charge is 0.495 e. The number of amides is 1. The van der Waals surface area contributed by atoms with Gasteiger partial charge in [-0.25, -0.2) is 8.42 Å². The first-order chi connectivity index (χ1) is 13.3. The Labute approximate surface area is 169 Å². The van der Waals surface area contributed by atoms with Crippen LogP contribution in [0.2, 0.25) is 5.02 Å². The van der Waals surface area contributed by atoms with Crippen LogP contribution in [0.1, 0.15) is 15.9 Å². The average molecular weight is 416 g/mol. The zero-order valence-corrected chi connectivity index (χ0v) is 16.9. The van der Waals surface area contributed by atoms with Crippen LogP contribution in [-0.2, 0) is 10.0 Å². The number of methoxy groups -OCH3 is 1. The van der Waals surface area contributed by atoms with E-state index >= 15 is 0 Å². The molecule has 0 heterocycles. The summed E-state index contributed by atoms with van der Waals surface area (Å²) >= 11 is 6.19. The van der Waals surface area contributed by atoms with Crippen molar-refractivity contribution < 1.29 is 17.9 Å². The maximum absolute atomic E-state index is 13.3. The molecule has 0 saturated heterocycles. The van der Waals surface area contributed by atoms with Crippen LogP contribution in [0.3, 0.4) is 0 Å². The molecule has 0 bridgehead atoms. The molecule has 0 aliphatic heterocycles. The highest BCUT2D eigenvalue weighted by Crippen LogP contribution is 2.33. The third kappa shape index (κ3) is 3.88. The van der Waals surface area contributed by atoms with Crippen LogP contribution in [0.25, 0.3) is 0 Å². The van der Waals surface area contributed by atoms with Crippen molar-refractivity contribution in [1.29, 1.82) is 0 Å². The number of sulfonamides is 1. The predicted molar refractivity (Wildman–Crippen MR) is 110 cm³/mol. The number of aryl methyl sites for hydroxylation is 1. The first-order valence-electron chi connectivity index (χ1n) is 8.39. The Morgan fingerprint density at radius 3 is 2.29 bits per heavy atom. The molecule has 3 rings (SSSR count). The van der Waals surface area contributed by atoms with Gasteiger partial charge in [-0.1, -0.05) is 47.5 Å². The topological polar surface area (TPSA) is 63.7 Å². The van der Waals surface area contributed by atoms with Gasteiger partial charge in [0.05, 0.1) is 22.7 Å². The lowest BCUT2D eigenvalue weighted by molar-refractivity contribution is 0.101. The van der Waals surface area contributed by atoms with Gasteiger partial charge in [-0.05, 0) is 49.4 Å². The summed E-state index contributed by atoms with van der Waals surface area (Å²) in [6.07, 6.45) is 0. The van der Waals surface area contributed by atoms with Crippen molar-refractivity contribution in [3.05, 3.63) is 88.9 Å². The van der Waals surface area contributed by atoms with E-state index in [9.17, 15) is 13.2 Å². The minimum atomic E-state index is -4.17. The number of nitrogens with zero attached hydrogens (tertiary/aromatic N) is 1. The molecule has 0 saturated carbocycles. The molecule has 1 amide bonds. The quantitative estimate of drug-likeness (QED) is 0.606. The van der Waals surface area contributed by atoms with Gasteiger partial charge in [-0.3, -0.25) is 4.79 Å². The molecule has 0 fully saturated rings. The lowest BCUT2D eigenvalue weighted by atomic mass is 10.1. The fourth-order valence-electron chi connectivity index (χ4n) is 2.74. The summed E-state index contributed by atoms with van der Waals surface area (Å²) in [6, 6.07) is 18.9. The van der Waals surface area contributed by atoms with Gasteiger partial charge in [0.2, 0.25) is 0 Å². The third-order valence-corrected chi connectivity index (χ3v) is 6.12. The number of benzene rings is 3. The SMILES string of the molecule is COc1ccc(N(C(=O)c2cccc(C)c2)S(=O)(=O)c2ccccc2)cc1Cl. The number of hydrogen-bond acceptors (Lipinski definition) is 4. The molecular weight excluding hydrogens is 398 g/mol. The lowest BCUT2D eigenvalue weighted by Crippen LogP contribution is -2.37. The van der Waals surface area contributed by atoms with E-state index in [1.54, 1.807) is 36.4 Å². The second-order valence-electron chi connectivity index (χ2n) is 6.08. The van der Waals surface area contributed by atoms with Gasteiger partial charge in [0, 0.05) is 5.56 Å². The van der Waals surface area contributed by atoms with Gasteiger partial charge >= 0.3 is 0 Å². The number of rotatable bonds is 5. The average Bonchev–Trinajstić information content (AvgIpc) is 2.69. The number of anilines is 1. The summed E-state index contributed by atoms with van der Waals surface area (Å²) in [6.45, 7) is 1.83. The van der Waals surface area contributed by atoms with Crippen molar-refractivity contribution >= 4 is 33.2 Å². The second-order valence-corrected chi connectivity index (χ2v) is 8.27. The zero-order chi connectivity index (χ0) is 20.3. The van der Waals surface area contributed by atoms with Gasteiger partial charge in [0.25, 0.3) is 15.9 Å². The Balaban J connectivity index is 2.19. The minimum absolute atomic E-state index is 0.00273. The molecule has 3 aromatic rings. The van der Waals surface area contributed by atoms with E-state index in [1.165, 1.54) is 37.4 Å². The molecule has 0 unspecified atom stereocenters. The van der Waals surface area contributed by atoms with Crippen molar-refractivity contribution in [2.24, 2.45) is 0 Å². The second kappa shape index (κ2) is 8.04. The molecule has 0 aliphatic rings. The fraction of sp³-hybridized carbons (Fsp3) is 0.0952. The normalized spacial score (nSPS) is 11.1. The fourth-order valence-corrected chi connectivity index (χ4v) is 4.42. The monoisotopic (exact) mass is 415 g/mol. The van der Waals surface area contributed by atoms with E-state index in [2.05, 4.69) is 0 Å². The van der Waals surface area contributed by atoms with E-state index in [4.69, 9.17) is 16.3 Å². The zero-order valence-electron chi connectivity index (χ0n) is 15.3. The lowest BCUT2D eigenvalue weighted by Gasteiger charge is -2.23. The van der Waals surface area contributed by atoms with E-state index < -0.39 is 15.9 Å². The molecule has 7 heteroatoms. The third-order valence-electron chi connectivity index (χ3n) is 4.10. The highest BCUT2D eigenvalue weighted by Gasteiger charge is 2.32. The van der Waals surface area contributed by atoms with Crippen molar-refractivity contribution in [2.45, 2.75) is 11.8 Å². The van der Waals surface area contributed by atoms with Crippen LogP contribution < -0.4 is 9.04 Å². The Hall–Kier alpha value is -2.83. The molecule has 0 radical (unpaired) electrons. The molecule has 0 aromatic heterocycles. The van der Waals surface area contributed by atoms with Crippen LogP contribution >= 0.6 is 11.6 Å². The van der Waals surface area contributed by atoms with Gasteiger partial charge in [-0.2, -0.15) is 4.31 Å². The van der Waals surface area contributed by atoms with Crippen LogP contribution in [-0.4, -0.2) is 21.4 Å². The number of hydrogen-bond donors (Lipinski definition) is 0. The van der Waals surface area contributed by atoms with Crippen molar-refractivity contribution in [3.63, 3.8) is 0 Å². The first-order valence-corrected chi connectivity index (χ1v) is 10.2. The Morgan fingerprint density at radius 2 is 1.68 bits per heavy atom. The maximum Gasteiger partial charge on any atom is 0.272 e. The van der Waals surface area contributed by atoms with Gasteiger partial charge < -0.3 is 4.74 Å². The smallest absolute Gasteiger partial charge is 0.272 e. The van der Waals surface area contributed by atoms with E-state index in [0.717, 1.165) is 9.87 Å². The molecule has 0 N–H and O–H groups in total. The molecule has 5 nitrogen and oxygen atoms in total. The summed E-state index contributed by atoms with van der Waals surface area (Å²) < 4.78 is 32.6. The number of halogens is 1. The number of carbonyl (C=O) groups excluding carboxylic acids is 1. The molecule has 0 atom stereocenters. The number of ether oxygens (including phenoxy) is 1. The molecule has 0 aliphatic carbocycles. The highest BCUT2D eigenvalue weighted by atomic mass is 35.5. The molecule has 0 spiro atoms. The van der Waals surface area contributed by atoms with E-state index in [0.29, 0.717) is 5.75 Å². The van der Waals surface area contributed by atoms with Gasteiger partial charge in [-0.15, -0.1) is 0 Å². The van der Waals surface area contributed by atoms with Crippen molar-refractivity contribution in [3.8, 4) is 5.75 Å². The van der Waals surface area contributed by atoms with E-state index in [1.807, 2.05) is 13.0 Å². The summed E-state index contributed by atoms with van der Waals surface area (Å²) in [5.74, 6) is -0.292. The van der Waals surface area contributed by atoms with Crippen LogP contribution in [0, 0.1) is 6.92 Å². The summed E-state index contributed by atoms with van der Waals surface area (Å²) in [4.78, 5) is 13.3. The standard InChI is InChI=1S/C21H18ClNO4S/c1-15-7-6-8-16(13-15)21(24)23(17-11-12-20(27-2)19(22)14-17)28(25,26)18-9-4-3-5-10-18/h3-14H,1-2H3.